The van der Waals surface area contributed by atoms with Crippen LogP contribution in [0.2, 0.25) is 0 Å². The SMILES string of the molecule is N#Cc1ccc2c3c(cccc13)Oc1cc(-c3ccc(-c4cc5ccc6cc(-c7nc(-c8ccccc8)nc(-c8ccccc8)n7)cc7ccc(c4)c5c67)cc3)ccc1-2. The lowest BCUT2D eigenvalue weighted by Crippen LogP contribution is -2.00. The second-order valence-corrected chi connectivity index (χ2v) is 15.1. The Morgan fingerprint density at radius 1 is 0.356 bits per heavy atom. The summed E-state index contributed by atoms with van der Waals surface area (Å²) in [5.74, 6) is 3.55. The molecule has 0 atom stereocenters. The van der Waals surface area contributed by atoms with E-state index in [1.165, 1.54) is 27.1 Å². The Bertz CT molecular complexity index is 3390. The summed E-state index contributed by atoms with van der Waals surface area (Å²) in [6.07, 6.45) is 0. The lowest BCUT2D eigenvalue weighted by atomic mass is 9.89. The van der Waals surface area contributed by atoms with Crippen LogP contribution < -0.4 is 4.74 Å². The molecule has 0 aliphatic carbocycles. The summed E-state index contributed by atoms with van der Waals surface area (Å²) >= 11 is 0. The van der Waals surface area contributed by atoms with Crippen LogP contribution in [-0.4, -0.2) is 15.0 Å². The van der Waals surface area contributed by atoms with Crippen LogP contribution >= 0.6 is 0 Å². The van der Waals surface area contributed by atoms with Gasteiger partial charge in [0.25, 0.3) is 0 Å². The molecule has 1 aliphatic rings. The third kappa shape index (κ3) is 5.35. The van der Waals surface area contributed by atoms with Crippen LogP contribution in [0.3, 0.4) is 0 Å². The third-order valence-corrected chi connectivity index (χ3v) is 11.7. The topological polar surface area (TPSA) is 71.7 Å². The molecule has 5 heteroatoms. The number of rotatable bonds is 5. The Balaban J connectivity index is 0.890. The highest BCUT2D eigenvalue weighted by molar-refractivity contribution is 6.24. The van der Waals surface area contributed by atoms with Crippen LogP contribution in [0.25, 0.3) is 111 Å². The van der Waals surface area contributed by atoms with E-state index >= 15 is 0 Å². The van der Waals surface area contributed by atoms with E-state index in [2.05, 4.69) is 97.1 Å². The summed E-state index contributed by atoms with van der Waals surface area (Å²) in [7, 11) is 0. The molecular formula is C54H30N4O. The molecule has 5 nitrogen and oxygen atoms in total. The average molecular weight is 751 g/mol. The van der Waals surface area contributed by atoms with Crippen molar-refractivity contribution in [2.24, 2.45) is 0 Å². The molecule has 0 bridgehead atoms. The summed E-state index contributed by atoms with van der Waals surface area (Å²) in [6, 6.07) is 65.5. The molecule has 1 aliphatic heterocycles. The Morgan fingerprint density at radius 3 is 1.44 bits per heavy atom. The molecule has 10 aromatic carbocycles. The minimum atomic E-state index is 0.648. The molecule has 272 valence electrons. The maximum Gasteiger partial charge on any atom is 0.164 e. The first-order valence-electron chi connectivity index (χ1n) is 19.6. The lowest BCUT2D eigenvalue weighted by molar-refractivity contribution is 0.487. The first-order chi connectivity index (χ1) is 29.1. The summed E-state index contributed by atoms with van der Waals surface area (Å²) in [5, 5.41) is 18.8. The molecule has 12 rings (SSSR count). The molecule has 0 fully saturated rings. The van der Waals surface area contributed by atoms with Gasteiger partial charge >= 0.3 is 0 Å². The molecule has 59 heavy (non-hydrogen) atoms. The first-order valence-corrected chi connectivity index (χ1v) is 19.6. The Labute approximate surface area is 339 Å². The second kappa shape index (κ2) is 12.9. The molecule has 2 heterocycles. The molecule has 0 saturated carbocycles. The molecule has 0 N–H and O–H groups in total. The predicted octanol–water partition coefficient (Wildman–Crippen LogP) is 13.9. The quantitative estimate of drug-likeness (QED) is 0.164. The molecule has 0 spiro atoms. The monoisotopic (exact) mass is 750 g/mol. The van der Waals surface area contributed by atoms with Crippen molar-refractivity contribution in [3.05, 3.63) is 188 Å². The van der Waals surface area contributed by atoms with Crippen molar-refractivity contribution in [3.63, 3.8) is 0 Å². The number of nitriles is 1. The van der Waals surface area contributed by atoms with Crippen molar-refractivity contribution < 1.29 is 4.74 Å². The van der Waals surface area contributed by atoms with E-state index in [9.17, 15) is 5.26 Å². The fourth-order valence-electron chi connectivity index (χ4n) is 8.83. The van der Waals surface area contributed by atoms with Gasteiger partial charge in [-0.25, -0.2) is 15.0 Å². The zero-order valence-electron chi connectivity index (χ0n) is 31.5. The summed E-state index contributed by atoms with van der Waals surface area (Å²) in [6.45, 7) is 0. The van der Waals surface area contributed by atoms with E-state index in [1.807, 2.05) is 91.0 Å². The van der Waals surface area contributed by atoms with E-state index in [0.717, 1.165) is 77.6 Å². The third-order valence-electron chi connectivity index (χ3n) is 11.7. The molecule has 0 amide bonds. The number of hydrogen-bond acceptors (Lipinski definition) is 5. The minimum Gasteiger partial charge on any atom is -0.456 e. The van der Waals surface area contributed by atoms with Gasteiger partial charge in [0.2, 0.25) is 0 Å². The summed E-state index contributed by atoms with van der Waals surface area (Å²) in [5.41, 5.74) is 10.2. The van der Waals surface area contributed by atoms with Crippen molar-refractivity contribution >= 4 is 43.1 Å². The zero-order chi connectivity index (χ0) is 39.0. The van der Waals surface area contributed by atoms with Crippen molar-refractivity contribution in [1.82, 2.24) is 15.0 Å². The maximum atomic E-state index is 9.68. The number of hydrogen-bond donors (Lipinski definition) is 0. The van der Waals surface area contributed by atoms with Crippen LogP contribution in [0, 0.1) is 11.3 Å². The minimum absolute atomic E-state index is 0.648. The van der Waals surface area contributed by atoms with E-state index in [-0.39, 0.29) is 0 Å². The fraction of sp³-hybridized carbons (Fsp3) is 0. The van der Waals surface area contributed by atoms with E-state index < -0.39 is 0 Å². The van der Waals surface area contributed by atoms with Crippen molar-refractivity contribution in [1.29, 1.82) is 5.26 Å². The molecule has 11 aromatic rings. The maximum absolute atomic E-state index is 9.68. The number of nitrogens with zero attached hydrogens (tertiary/aromatic N) is 4. The average Bonchev–Trinajstić information content (AvgIpc) is 3.31. The van der Waals surface area contributed by atoms with E-state index in [0.29, 0.717) is 23.0 Å². The van der Waals surface area contributed by atoms with Gasteiger partial charge in [0.15, 0.2) is 17.5 Å². The molecule has 0 saturated heterocycles. The van der Waals surface area contributed by atoms with Crippen LogP contribution in [-0.2, 0) is 0 Å². The van der Waals surface area contributed by atoms with Gasteiger partial charge in [0.05, 0.1) is 11.6 Å². The summed E-state index contributed by atoms with van der Waals surface area (Å²) < 4.78 is 6.45. The number of aromatic nitrogens is 3. The van der Waals surface area contributed by atoms with Crippen LogP contribution in [0.4, 0.5) is 0 Å². The molecular weight excluding hydrogens is 721 g/mol. The van der Waals surface area contributed by atoms with Gasteiger partial charge < -0.3 is 4.74 Å². The standard InChI is InChI=1S/C54H30N4O/c55-31-41-23-25-46-45-24-22-36(30-48(45)59-47-13-7-12-44(41)51(46)47)32-14-16-33(17-15-32)42-26-37-18-20-39-28-43(29-40-21-19-38(27-42)49(37)50(39)40)54-57-52(34-8-3-1-4-9-34)56-53(58-54)35-10-5-2-6-11-35/h1-30H. The van der Waals surface area contributed by atoms with Crippen molar-refractivity contribution in [2.75, 3.05) is 0 Å². The molecule has 1 aromatic heterocycles. The highest BCUT2D eigenvalue weighted by Crippen LogP contribution is 2.48. The number of ether oxygens (including phenoxy) is 1. The molecule has 0 radical (unpaired) electrons. The van der Waals surface area contributed by atoms with Gasteiger partial charge in [0, 0.05) is 33.0 Å². The molecule has 0 unspecified atom stereocenters. The number of fused-ring (bicyclic) bond motifs is 2. The number of benzene rings is 10. The first kappa shape index (κ1) is 33.0. The fourth-order valence-corrected chi connectivity index (χ4v) is 8.83. The normalized spacial score (nSPS) is 11.8. The predicted molar refractivity (Wildman–Crippen MR) is 238 cm³/mol. The van der Waals surface area contributed by atoms with Gasteiger partial charge in [-0.15, -0.1) is 0 Å². The van der Waals surface area contributed by atoms with Crippen LogP contribution in [0.1, 0.15) is 5.56 Å². The van der Waals surface area contributed by atoms with Gasteiger partial charge in [0.1, 0.15) is 11.5 Å². The zero-order valence-corrected chi connectivity index (χ0v) is 31.5. The van der Waals surface area contributed by atoms with Gasteiger partial charge in [-0.3, -0.25) is 0 Å². The van der Waals surface area contributed by atoms with Gasteiger partial charge in [-0.1, -0.05) is 133 Å². The van der Waals surface area contributed by atoms with E-state index in [4.69, 9.17) is 19.7 Å². The second-order valence-electron chi connectivity index (χ2n) is 15.1. The van der Waals surface area contributed by atoms with Crippen molar-refractivity contribution in [3.8, 4) is 85.1 Å². The lowest BCUT2D eigenvalue weighted by Gasteiger charge is -2.22. The van der Waals surface area contributed by atoms with Crippen LogP contribution in [0.5, 0.6) is 11.5 Å². The summed E-state index contributed by atoms with van der Waals surface area (Å²) in [4.78, 5) is 14.9. The van der Waals surface area contributed by atoms with Gasteiger partial charge in [-0.05, 0) is 109 Å². The Morgan fingerprint density at radius 2 is 0.864 bits per heavy atom. The van der Waals surface area contributed by atoms with Crippen LogP contribution in [0.15, 0.2) is 182 Å². The van der Waals surface area contributed by atoms with Gasteiger partial charge in [-0.2, -0.15) is 5.26 Å². The Hall–Kier alpha value is -8.20. The highest BCUT2D eigenvalue weighted by Gasteiger charge is 2.22. The van der Waals surface area contributed by atoms with Crippen molar-refractivity contribution in [2.45, 2.75) is 0 Å². The Kier molecular flexibility index (Phi) is 7.22. The smallest absolute Gasteiger partial charge is 0.164 e. The van der Waals surface area contributed by atoms with E-state index in [1.54, 1.807) is 0 Å². The largest absolute Gasteiger partial charge is 0.456 e. The highest BCUT2D eigenvalue weighted by atomic mass is 16.5.